The van der Waals surface area contributed by atoms with E-state index in [0.29, 0.717) is 49.7 Å². The van der Waals surface area contributed by atoms with Crippen LogP contribution in [0.2, 0.25) is 5.02 Å². The fraction of sp³-hybridized carbons (Fsp3) is 0.409. The Labute approximate surface area is 195 Å². The van der Waals surface area contributed by atoms with Gasteiger partial charge in [0.15, 0.2) is 0 Å². The van der Waals surface area contributed by atoms with Gasteiger partial charge in [0.1, 0.15) is 5.82 Å². The van der Waals surface area contributed by atoms with Crippen molar-refractivity contribution in [3.8, 4) is 0 Å². The van der Waals surface area contributed by atoms with Gasteiger partial charge in [-0.05, 0) is 36.8 Å². The molecule has 1 aromatic carbocycles. The number of nitrogens with zero attached hydrogens (tertiary/aromatic N) is 4. The molecule has 0 saturated carbocycles. The molecule has 0 radical (unpaired) electrons. The van der Waals surface area contributed by atoms with Gasteiger partial charge in [-0.1, -0.05) is 11.6 Å². The lowest BCUT2D eigenvalue weighted by Gasteiger charge is -2.23. The van der Waals surface area contributed by atoms with Crippen molar-refractivity contribution >= 4 is 34.9 Å². The summed E-state index contributed by atoms with van der Waals surface area (Å²) in [6, 6.07) is 7.55. The zero-order valence-electron chi connectivity index (χ0n) is 18.3. The summed E-state index contributed by atoms with van der Waals surface area (Å²) in [6.07, 6.45) is -3.01. The van der Waals surface area contributed by atoms with Crippen molar-refractivity contribution in [1.29, 1.82) is 0 Å². The third kappa shape index (κ3) is 6.58. The number of aromatic nitrogens is 1. The number of carbonyl (C=O) groups excluding carboxylic acids is 2. The molecule has 1 aliphatic heterocycles. The molecular weight excluding hydrogens is 459 g/mol. The highest BCUT2D eigenvalue weighted by molar-refractivity contribution is 6.33. The van der Waals surface area contributed by atoms with E-state index in [4.69, 9.17) is 11.6 Å². The standard InChI is InChI=1S/C22H25ClF3N5O2/c1-29(2)21(33)15-4-6-17(7-5-15)28-19(32)14-30-8-3-9-31(11-10-30)20-18(23)12-16(13-27-20)22(24,25)26/h4-7,12-13H,3,8-11,14H2,1-2H3,(H,28,32). The predicted octanol–water partition coefficient (Wildman–Crippen LogP) is 3.61. The van der Waals surface area contributed by atoms with E-state index in [9.17, 15) is 22.8 Å². The van der Waals surface area contributed by atoms with Crippen LogP contribution in [0.15, 0.2) is 36.5 Å². The molecule has 33 heavy (non-hydrogen) atoms. The summed E-state index contributed by atoms with van der Waals surface area (Å²) in [5, 5.41) is 2.77. The molecule has 1 aromatic heterocycles. The second kappa shape index (κ2) is 10.4. The summed E-state index contributed by atoms with van der Waals surface area (Å²) in [5.41, 5.74) is 0.233. The van der Waals surface area contributed by atoms with Crippen LogP contribution in [0.1, 0.15) is 22.3 Å². The molecule has 2 heterocycles. The molecule has 2 aromatic rings. The zero-order chi connectivity index (χ0) is 24.2. The molecule has 1 N–H and O–H groups in total. The van der Waals surface area contributed by atoms with Gasteiger partial charge in [0, 0.05) is 57.7 Å². The Morgan fingerprint density at radius 2 is 1.82 bits per heavy atom. The Balaban J connectivity index is 1.55. The summed E-state index contributed by atoms with van der Waals surface area (Å²) < 4.78 is 38.5. The van der Waals surface area contributed by atoms with Crippen molar-refractivity contribution in [1.82, 2.24) is 14.8 Å². The van der Waals surface area contributed by atoms with Crippen molar-refractivity contribution in [3.63, 3.8) is 0 Å². The van der Waals surface area contributed by atoms with Gasteiger partial charge in [-0.2, -0.15) is 13.2 Å². The van der Waals surface area contributed by atoms with Gasteiger partial charge < -0.3 is 15.1 Å². The molecule has 0 spiro atoms. The minimum absolute atomic E-state index is 0.0489. The van der Waals surface area contributed by atoms with Gasteiger partial charge in [-0.3, -0.25) is 14.5 Å². The van der Waals surface area contributed by atoms with Crippen molar-refractivity contribution in [3.05, 3.63) is 52.7 Å². The van der Waals surface area contributed by atoms with Crippen molar-refractivity contribution in [2.24, 2.45) is 0 Å². The van der Waals surface area contributed by atoms with Gasteiger partial charge in [-0.15, -0.1) is 0 Å². The first-order chi connectivity index (χ1) is 15.5. The maximum Gasteiger partial charge on any atom is 0.417 e. The highest BCUT2D eigenvalue weighted by atomic mass is 35.5. The van der Waals surface area contributed by atoms with E-state index in [1.165, 1.54) is 4.90 Å². The topological polar surface area (TPSA) is 68.8 Å². The van der Waals surface area contributed by atoms with Crippen LogP contribution in [0.4, 0.5) is 24.7 Å². The number of rotatable bonds is 5. The Morgan fingerprint density at radius 3 is 2.42 bits per heavy atom. The van der Waals surface area contributed by atoms with E-state index in [1.54, 1.807) is 38.4 Å². The van der Waals surface area contributed by atoms with Crippen LogP contribution in [0.25, 0.3) is 0 Å². The average molecular weight is 484 g/mol. The van der Waals surface area contributed by atoms with Crippen LogP contribution in [0.5, 0.6) is 0 Å². The third-order valence-corrected chi connectivity index (χ3v) is 5.50. The minimum atomic E-state index is -4.50. The van der Waals surface area contributed by atoms with Crippen LogP contribution in [-0.2, 0) is 11.0 Å². The molecule has 1 fully saturated rings. The number of hydrogen-bond acceptors (Lipinski definition) is 5. The van der Waals surface area contributed by atoms with Gasteiger partial charge in [-0.25, -0.2) is 4.98 Å². The number of anilines is 2. The number of benzene rings is 1. The molecule has 0 bridgehead atoms. The highest BCUT2D eigenvalue weighted by Gasteiger charge is 2.32. The lowest BCUT2D eigenvalue weighted by Crippen LogP contribution is -2.36. The quantitative estimate of drug-likeness (QED) is 0.703. The Kier molecular flexibility index (Phi) is 7.80. The maximum absolute atomic E-state index is 12.8. The van der Waals surface area contributed by atoms with Crippen molar-refractivity contribution < 1.29 is 22.8 Å². The van der Waals surface area contributed by atoms with Crippen LogP contribution < -0.4 is 10.2 Å². The second-order valence-electron chi connectivity index (χ2n) is 7.97. The van der Waals surface area contributed by atoms with E-state index < -0.39 is 11.7 Å². The lowest BCUT2D eigenvalue weighted by molar-refractivity contribution is -0.137. The average Bonchev–Trinajstić information content (AvgIpc) is 2.98. The third-order valence-electron chi connectivity index (χ3n) is 5.23. The minimum Gasteiger partial charge on any atom is -0.354 e. The molecule has 3 rings (SSSR count). The molecule has 0 atom stereocenters. The Bertz CT molecular complexity index is 999. The molecule has 0 aliphatic carbocycles. The number of carbonyl (C=O) groups is 2. The van der Waals surface area contributed by atoms with E-state index in [0.717, 1.165) is 12.3 Å². The maximum atomic E-state index is 12.8. The van der Waals surface area contributed by atoms with Crippen LogP contribution >= 0.6 is 11.6 Å². The first kappa shape index (κ1) is 24.8. The molecular formula is C22H25ClF3N5O2. The number of hydrogen-bond donors (Lipinski definition) is 1. The van der Waals surface area contributed by atoms with E-state index in [-0.39, 0.29) is 23.4 Å². The van der Waals surface area contributed by atoms with Gasteiger partial charge in [0.05, 0.1) is 17.1 Å². The SMILES string of the molecule is CN(C)C(=O)c1ccc(NC(=O)CN2CCCN(c3ncc(C(F)(F)F)cc3Cl)CC2)cc1. The number of pyridine rings is 1. The molecule has 2 amide bonds. The highest BCUT2D eigenvalue weighted by Crippen LogP contribution is 2.33. The number of halogens is 4. The monoisotopic (exact) mass is 483 g/mol. The summed E-state index contributed by atoms with van der Waals surface area (Å²) in [7, 11) is 3.34. The van der Waals surface area contributed by atoms with Crippen LogP contribution in [0, 0.1) is 0 Å². The first-order valence-electron chi connectivity index (χ1n) is 10.4. The van der Waals surface area contributed by atoms with Gasteiger partial charge >= 0.3 is 6.18 Å². The number of nitrogens with one attached hydrogen (secondary N) is 1. The summed E-state index contributed by atoms with van der Waals surface area (Å²) >= 11 is 6.08. The lowest BCUT2D eigenvalue weighted by atomic mass is 10.2. The number of alkyl halides is 3. The molecule has 7 nitrogen and oxygen atoms in total. The summed E-state index contributed by atoms with van der Waals surface area (Å²) in [4.78, 5) is 33.6. The summed E-state index contributed by atoms with van der Waals surface area (Å²) in [6.45, 7) is 2.39. The molecule has 0 unspecified atom stereocenters. The predicted molar refractivity (Wildman–Crippen MR) is 121 cm³/mol. The molecule has 1 aliphatic rings. The zero-order valence-corrected chi connectivity index (χ0v) is 19.1. The van der Waals surface area contributed by atoms with Crippen molar-refractivity contribution in [2.75, 3.05) is 57.0 Å². The molecule has 11 heteroatoms. The number of amides is 2. The molecule has 178 valence electrons. The van der Waals surface area contributed by atoms with E-state index in [1.807, 2.05) is 9.80 Å². The van der Waals surface area contributed by atoms with Crippen LogP contribution in [0.3, 0.4) is 0 Å². The molecule has 1 saturated heterocycles. The van der Waals surface area contributed by atoms with E-state index >= 15 is 0 Å². The Hall–Kier alpha value is -2.85. The largest absolute Gasteiger partial charge is 0.417 e. The Morgan fingerprint density at radius 1 is 1.12 bits per heavy atom. The fourth-order valence-electron chi connectivity index (χ4n) is 3.52. The van der Waals surface area contributed by atoms with Crippen molar-refractivity contribution in [2.45, 2.75) is 12.6 Å². The first-order valence-corrected chi connectivity index (χ1v) is 10.7. The normalized spacial score (nSPS) is 15.2. The van der Waals surface area contributed by atoms with Gasteiger partial charge in [0.25, 0.3) is 5.91 Å². The van der Waals surface area contributed by atoms with Crippen LogP contribution in [-0.4, -0.2) is 73.4 Å². The van der Waals surface area contributed by atoms with E-state index in [2.05, 4.69) is 10.3 Å². The van der Waals surface area contributed by atoms with Gasteiger partial charge in [0.2, 0.25) is 5.91 Å². The fourth-order valence-corrected chi connectivity index (χ4v) is 3.80. The summed E-state index contributed by atoms with van der Waals surface area (Å²) in [5.74, 6) is -0.00575. The smallest absolute Gasteiger partial charge is 0.354 e. The second-order valence-corrected chi connectivity index (χ2v) is 8.38.